The molecular formula is C20H23N3O2S. The number of hydrogen-bond acceptors (Lipinski definition) is 4. The molecule has 3 rings (SSSR count). The average Bonchev–Trinajstić information content (AvgIpc) is 3.15. The molecule has 0 aliphatic carbocycles. The van der Waals surface area contributed by atoms with E-state index in [0.717, 1.165) is 33.5 Å². The molecule has 1 aromatic heterocycles. The predicted molar refractivity (Wildman–Crippen MR) is 105 cm³/mol. The minimum atomic E-state index is -0.758. The molecule has 3 aromatic rings. The zero-order valence-corrected chi connectivity index (χ0v) is 15.7. The Hall–Kier alpha value is -2.44. The van der Waals surface area contributed by atoms with Crippen LogP contribution in [0.5, 0.6) is 0 Å². The molecule has 0 aliphatic rings. The van der Waals surface area contributed by atoms with Gasteiger partial charge in [0, 0.05) is 11.9 Å². The van der Waals surface area contributed by atoms with E-state index in [1.807, 2.05) is 54.8 Å². The van der Waals surface area contributed by atoms with Crippen molar-refractivity contribution in [3.63, 3.8) is 0 Å². The van der Waals surface area contributed by atoms with Gasteiger partial charge >= 0.3 is 6.03 Å². The van der Waals surface area contributed by atoms with Crippen LogP contribution in [0.2, 0.25) is 0 Å². The first-order valence-electron chi connectivity index (χ1n) is 8.72. The van der Waals surface area contributed by atoms with E-state index in [0.29, 0.717) is 0 Å². The number of thiazole rings is 1. The first-order chi connectivity index (χ1) is 12.6. The van der Waals surface area contributed by atoms with Crippen LogP contribution >= 0.6 is 11.3 Å². The molecule has 5 nitrogen and oxygen atoms in total. The van der Waals surface area contributed by atoms with Crippen LogP contribution in [0.25, 0.3) is 10.8 Å². The van der Waals surface area contributed by atoms with Gasteiger partial charge in [0.25, 0.3) is 0 Å². The quantitative estimate of drug-likeness (QED) is 0.616. The first kappa shape index (κ1) is 18.4. The summed E-state index contributed by atoms with van der Waals surface area (Å²) >= 11 is 1.60. The second-order valence-electron chi connectivity index (χ2n) is 6.22. The molecule has 0 saturated carbocycles. The summed E-state index contributed by atoms with van der Waals surface area (Å²) in [5.74, 6) is 0. The lowest BCUT2D eigenvalue weighted by molar-refractivity contribution is 0.172. The third-order valence-corrected chi connectivity index (χ3v) is 5.29. The average molecular weight is 369 g/mol. The Morgan fingerprint density at radius 2 is 2.00 bits per heavy atom. The van der Waals surface area contributed by atoms with Crippen molar-refractivity contribution in [3.8, 4) is 0 Å². The van der Waals surface area contributed by atoms with Crippen LogP contribution in [0.4, 0.5) is 4.79 Å². The van der Waals surface area contributed by atoms with Crippen LogP contribution in [-0.2, 0) is 6.42 Å². The van der Waals surface area contributed by atoms with Gasteiger partial charge in [-0.25, -0.2) is 9.78 Å². The van der Waals surface area contributed by atoms with Crippen LogP contribution in [0.1, 0.15) is 42.3 Å². The zero-order valence-electron chi connectivity index (χ0n) is 14.9. The fraction of sp³-hybridized carbons (Fsp3) is 0.300. The second kappa shape index (κ2) is 8.29. The van der Waals surface area contributed by atoms with Crippen molar-refractivity contribution in [3.05, 3.63) is 64.1 Å². The van der Waals surface area contributed by atoms with Gasteiger partial charge in [-0.3, -0.25) is 0 Å². The zero-order chi connectivity index (χ0) is 18.5. The number of rotatable bonds is 6. The minimum Gasteiger partial charge on any atom is -0.387 e. The minimum absolute atomic E-state index is 0.147. The van der Waals surface area contributed by atoms with Crippen LogP contribution in [0.15, 0.2) is 47.8 Å². The molecule has 0 aliphatic heterocycles. The van der Waals surface area contributed by atoms with E-state index < -0.39 is 6.10 Å². The van der Waals surface area contributed by atoms with Gasteiger partial charge in [-0.05, 0) is 35.7 Å². The first-order valence-corrected chi connectivity index (χ1v) is 9.60. The normalized spacial score (nSPS) is 13.3. The van der Waals surface area contributed by atoms with Gasteiger partial charge in [-0.1, -0.05) is 43.3 Å². The van der Waals surface area contributed by atoms with Crippen molar-refractivity contribution in [2.45, 2.75) is 32.4 Å². The Kier molecular flexibility index (Phi) is 5.85. The molecule has 2 amide bonds. The molecule has 2 aromatic carbocycles. The molecule has 0 saturated heterocycles. The summed E-state index contributed by atoms with van der Waals surface area (Å²) < 4.78 is 0. The van der Waals surface area contributed by atoms with Gasteiger partial charge in [0.05, 0.1) is 22.8 Å². The standard InChI is InChI=1S/C20H23N3O2S/c1-3-19-23-17(12-26-19)13(2)22-20(25)21-11-18(24)16-9-8-14-6-4-5-7-15(14)10-16/h4-10,12-13,18,24H,3,11H2,1-2H3,(H2,21,22,25). The molecule has 0 radical (unpaired) electrons. The van der Waals surface area contributed by atoms with Gasteiger partial charge in [0.1, 0.15) is 0 Å². The lowest BCUT2D eigenvalue weighted by Crippen LogP contribution is -2.39. The van der Waals surface area contributed by atoms with Gasteiger partial charge in [-0.2, -0.15) is 0 Å². The van der Waals surface area contributed by atoms with Crippen molar-refractivity contribution in [1.29, 1.82) is 0 Å². The summed E-state index contributed by atoms with van der Waals surface area (Å²) in [4.78, 5) is 16.6. The van der Waals surface area contributed by atoms with Gasteiger partial charge in [0.2, 0.25) is 0 Å². The third-order valence-electron chi connectivity index (χ3n) is 4.28. The van der Waals surface area contributed by atoms with E-state index in [9.17, 15) is 9.90 Å². The van der Waals surface area contributed by atoms with Gasteiger partial charge < -0.3 is 15.7 Å². The fourth-order valence-corrected chi connectivity index (χ4v) is 3.57. The van der Waals surface area contributed by atoms with E-state index >= 15 is 0 Å². The van der Waals surface area contributed by atoms with Crippen molar-refractivity contribution in [2.24, 2.45) is 0 Å². The number of nitrogens with zero attached hydrogens (tertiary/aromatic N) is 1. The molecule has 0 spiro atoms. The molecule has 3 N–H and O–H groups in total. The van der Waals surface area contributed by atoms with Crippen LogP contribution in [-0.4, -0.2) is 22.7 Å². The summed E-state index contributed by atoms with van der Waals surface area (Å²) in [5.41, 5.74) is 1.64. The highest BCUT2D eigenvalue weighted by Crippen LogP contribution is 2.20. The Morgan fingerprint density at radius 1 is 1.23 bits per heavy atom. The number of aliphatic hydroxyl groups excluding tert-OH is 1. The number of fused-ring (bicyclic) bond motifs is 1. The molecule has 2 unspecified atom stereocenters. The number of urea groups is 1. The Balaban J connectivity index is 1.54. The third kappa shape index (κ3) is 4.39. The smallest absolute Gasteiger partial charge is 0.315 e. The van der Waals surface area contributed by atoms with Gasteiger partial charge in [-0.15, -0.1) is 11.3 Å². The number of amides is 2. The molecular weight excluding hydrogens is 346 g/mol. The lowest BCUT2D eigenvalue weighted by atomic mass is 10.0. The molecule has 6 heteroatoms. The largest absolute Gasteiger partial charge is 0.387 e. The number of aromatic nitrogens is 1. The van der Waals surface area contributed by atoms with Crippen LogP contribution in [0, 0.1) is 0 Å². The van der Waals surface area contributed by atoms with E-state index in [-0.39, 0.29) is 18.6 Å². The summed E-state index contributed by atoms with van der Waals surface area (Å²) in [6.45, 7) is 4.10. The summed E-state index contributed by atoms with van der Waals surface area (Å²) in [7, 11) is 0. The van der Waals surface area contributed by atoms with E-state index in [1.54, 1.807) is 11.3 Å². The number of carbonyl (C=O) groups is 1. The van der Waals surface area contributed by atoms with Crippen LogP contribution in [0.3, 0.4) is 0 Å². The number of benzene rings is 2. The van der Waals surface area contributed by atoms with Gasteiger partial charge in [0.15, 0.2) is 0 Å². The fourth-order valence-electron chi connectivity index (χ4n) is 2.73. The van der Waals surface area contributed by atoms with Crippen molar-refractivity contribution < 1.29 is 9.90 Å². The highest BCUT2D eigenvalue weighted by Gasteiger charge is 2.14. The molecule has 0 fully saturated rings. The highest BCUT2D eigenvalue weighted by atomic mass is 32.1. The Labute approximate surface area is 157 Å². The van der Waals surface area contributed by atoms with Crippen LogP contribution < -0.4 is 10.6 Å². The number of hydrogen-bond donors (Lipinski definition) is 3. The number of carbonyl (C=O) groups excluding carboxylic acids is 1. The molecule has 1 heterocycles. The molecule has 136 valence electrons. The van der Waals surface area contributed by atoms with Crippen molar-refractivity contribution in [1.82, 2.24) is 15.6 Å². The number of nitrogens with one attached hydrogen (secondary N) is 2. The topological polar surface area (TPSA) is 74.2 Å². The van der Waals surface area contributed by atoms with Crippen molar-refractivity contribution >= 4 is 28.1 Å². The lowest BCUT2D eigenvalue weighted by Gasteiger charge is -2.16. The number of aliphatic hydroxyl groups is 1. The maximum Gasteiger partial charge on any atom is 0.315 e. The molecule has 2 atom stereocenters. The summed E-state index contributed by atoms with van der Waals surface area (Å²) in [5, 5.41) is 21.2. The Bertz CT molecular complexity index is 893. The predicted octanol–water partition coefficient (Wildman–Crippen LogP) is 3.95. The molecule has 26 heavy (non-hydrogen) atoms. The SMILES string of the molecule is CCc1nc(C(C)NC(=O)NCC(O)c2ccc3ccccc3c2)cs1. The Morgan fingerprint density at radius 3 is 2.73 bits per heavy atom. The van der Waals surface area contributed by atoms with Crippen molar-refractivity contribution in [2.75, 3.05) is 6.54 Å². The summed E-state index contributed by atoms with van der Waals surface area (Å²) in [6.07, 6.45) is 0.133. The highest BCUT2D eigenvalue weighted by molar-refractivity contribution is 7.09. The number of aryl methyl sites for hydroxylation is 1. The summed E-state index contributed by atoms with van der Waals surface area (Å²) in [6, 6.07) is 13.3. The maximum atomic E-state index is 12.1. The second-order valence-corrected chi connectivity index (χ2v) is 7.16. The maximum absolute atomic E-state index is 12.1. The monoisotopic (exact) mass is 369 g/mol. The van der Waals surface area contributed by atoms with E-state index in [2.05, 4.69) is 22.5 Å². The molecule has 0 bridgehead atoms. The van der Waals surface area contributed by atoms with E-state index in [1.165, 1.54) is 0 Å². The van der Waals surface area contributed by atoms with E-state index in [4.69, 9.17) is 0 Å².